The molecule has 12 heteroatoms. The van der Waals surface area contributed by atoms with Crippen molar-refractivity contribution in [2.24, 2.45) is 11.8 Å². The highest BCUT2D eigenvalue weighted by molar-refractivity contribution is 5.79. The molecule has 0 aromatic carbocycles. The molecule has 0 aromatic rings. The Hall–Kier alpha value is -1.29. The van der Waals surface area contributed by atoms with E-state index in [-0.39, 0.29) is 109 Å². The lowest BCUT2D eigenvalue weighted by Crippen LogP contribution is -2.61. The average Bonchev–Trinajstić information content (AvgIpc) is 3.79. The van der Waals surface area contributed by atoms with E-state index in [4.69, 9.17) is 42.6 Å². The number of fused-ring (bicyclic) bond motifs is 6. The quantitative estimate of drug-likeness (QED) is 0.412. The van der Waals surface area contributed by atoms with Crippen molar-refractivity contribution in [3.05, 3.63) is 24.3 Å². The van der Waals surface area contributed by atoms with Crippen molar-refractivity contribution in [1.29, 1.82) is 0 Å². The van der Waals surface area contributed by atoms with Crippen molar-refractivity contribution in [2.45, 2.75) is 194 Å². The summed E-state index contributed by atoms with van der Waals surface area (Å²) in [5.41, 5.74) is 6.10. The van der Waals surface area contributed by atoms with E-state index in [2.05, 4.69) is 25.8 Å². The second kappa shape index (κ2) is 14.3. The van der Waals surface area contributed by atoms with Gasteiger partial charge in [0, 0.05) is 51.6 Å². The van der Waals surface area contributed by atoms with Crippen LogP contribution in [0.3, 0.4) is 0 Å². The van der Waals surface area contributed by atoms with Crippen LogP contribution in [0.15, 0.2) is 24.3 Å². The van der Waals surface area contributed by atoms with Gasteiger partial charge in [0.2, 0.25) is 0 Å². The lowest BCUT2D eigenvalue weighted by molar-refractivity contribution is -0.385. The molecule has 4 unspecified atom stereocenters. The van der Waals surface area contributed by atoms with Gasteiger partial charge in [-0.3, -0.25) is 4.79 Å². The van der Waals surface area contributed by atoms with Crippen molar-refractivity contribution in [2.75, 3.05) is 13.7 Å². The monoisotopic (exact) mass is 730 g/mol. The third-order valence-corrected chi connectivity index (χ3v) is 14.0. The number of Topliss-reactive ketones (excluding diaryl/α,β-unsaturated/α-hetero) is 1. The molecule has 10 rings (SSSR count). The van der Waals surface area contributed by atoms with Crippen LogP contribution in [-0.2, 0) is 47.4 Å². The average molecular weight is 731 g/mol. The van der Waals surface area contributed by atoms with Gasteiger partial charge in [0.1, 0.15) is 49.0 Å². The highest BCUT2D eigenvalue weighted by Crippen LogP contribution is 2.54. The topological polar surface area (TPSA) is 148 Å². The van der Waals surface area contributed by atoms with Crippen molar-refractivity contribution in [3.8, 4) is 0 Å². The first-order chi connectivity index (χ1) is 25.1. The number of carbonyl (C=O) groups is 1. The molecule has 0 aliphatic carbocycles. The van der Waals surface area contributed by atoms with Crippen molar-refractivity contribution in [3.63, 3.8) is 0 Å². The minimum atomic E-state index is -0.776. The molecular formula is C40H60NO11+. The molecule has 12 bridgehead atoms. The van der Waals surface area contributed by atoms with Crippen LogP contribution in [0.1, 0.15) is 90.4 Å². The maximum Gasteiger partial charge on any atom is 0.172 e. The van der Waals surface area contributed by atoms with Gasteiger partial charge in [0.05, 0.1) is 61.0 Å². The molecule has 1 spiro atoms. The van der Waals surface area contributed by atoms with Gasteiger partial charge < -0.3 is 53.5 Å². The largest absolute Gasteiger partial charge is 0.387 e. The van der Waals surface area contributed by atoms with Gasteiger partial charge in [-0.1, -0.05) is 20.1 Å². The Balaban J connectivity index is 0.994. The fraction of sp³-hybridized carbons (Fsp3) is 0.875. The highest BCUT2D eigenvalue weighted by Gasteiger charge is 2.68. The van der Waals surface area contributed by atoms with Gasteiger partial charge in [0.25, 0.3) is 0 Å². The number of rotatable bonds is 4. The summed E-state index contributed by atoms with van der Waals surface area (Å²) in [5, 5.41) is 10.6. The number of quaternary nitrogens is 1. The molecule has 10 aliphatic rings. The first-order valence-corrected chi connectivity index (χ1v) is 20.3. The van der Waals surface area contributed by atoms with Gasteiger partial charge in [0.15, 0.2) is 5.79 Å². The summed E-state index contributed by atoms with van der Waals surface area (Å²) < 4.78 is 60.1. The second-order valence-electron chi connectivity index (χ2n) is 17.5. The minimum Gasteiger partial charge on any atom is -0.387 e. The zero-order valence-corrected chi connectivity index (χ0v) is 30.9. The Morgan fingerprint density at radius 3 is 2.38 bits per heavy atom. The summed E-state index contributed by atoms with van der Waals surface area (Å²) >= 11 is 0. The molecule has 10 fully saturated rings. The predicted molar refractivity (Wildman–Crippen MR) is 185 cm³/mol. The highest BCUT2D eigenvalue weighted by atomic mass is 16.8. The summed E-state index contributed by atoms with van der Waals surface area (Å²) in [5.74, 6) is -0.574. The van der Waals surface area contributed by atoms with Crippen molar-refractivity contribution in [1.82, 2.24) is 0 Å². The Morgan fingerprint density at radius 1 is 0.808 bits per heavy atom. The standard InChI is InChI=1S/C40H59NO11/c1-19-11-24-5-7-28-20(2)12-26(45-28)9-10-40-17-33-36(51-40)37-38(50-33)39(52-40)35-29(49-37)8-6-25(47-35)13-22(42)14-27-31(16-30(46-24)21(19)3)48-32(34(27)44-4)15-23(43)18-41/h19,23-39,43H,2-3,5-18,41H2,1,4H3/p+1/t19-,23+,24+,25?,26+,27+,28?,29+,30?,31+,32-,33-,34-,35+,36?,37+,38-,39+,40+/m1/s1. The second-order valence-corrected chi connectivity index (χ2v) is 17.5. The molecule has 10 saturated heterocycles. The van der Waals surface area contributed by atoms with Gasteiger partial charge >= 0.3 is 0 Å². The first kappa shape index (κ1) is 36.4. The Bertz CT molecular complexity index is 1380. The molecule has 290 valence electrons. The predicted octanol–water partition coefficient (Wildman–Crippen LogP) is 2.72. The Morgan fingerprint density at radius 2 is 1.56 bits per heavy atom. The molecule has 52 heavy (non-hydrogen) atoms. The summed E-state index contributed by atoms with van der Waals surface area (Å²) in [4.78, 5) is 14.1. The van der Waals surface area contributed by atoms with E-state index in [1.54, 1.807) is 7.11 Å². The third-order valence-electron chi connectivity index (χ3n) is 14.0. The van der Waals surface area contributed by atoms with Crippen LogP contribution < -0.4 is 5.73 Å². The maximum absolute atomic E-state index is 14.1. The van der Waals surface area contributed by atoms with E-state index < -0.39 is 11.9 Å². The fourth-order valence-electron chi connectivity index (χ4n) is 11.3. The number of aliphatic hydroxyl groups is 1. The summed E-state index contributed by atoms with van der Waals surface area (Å²) in [7, 11) is 1.67. The first-order valence-electron chi connectivity index (χ1n) is 20.3. The lowest BCUT2D eigenvalue weighted by atomic mass is 9.81. The zero-order chi connectivity index (χ0) is 35.9. The molecule has 0 aromatic heterocycles. The van der Waals surface area contributed by atoms with Crippen LogP contribution in [0.4, 0.5) is 0 Å². The lowest BCUT2D eigenvalue weighted by Gasteiger charge is -2.47. The molecule has 10 heterocycles. The smallest absolute Gasteiger partial charge is 0.172 e. The molecule has 4 N–H and O–H groups in total. The van der Waals surface area contributed by atoms with Gasteiger partial charge in [-0.25, -0.2) is 0 Å². The number of hydrogen-bond acceptors (Lipinski definition) is 11. The van der Waals surface area contributed by atoms with Crippen LogP contribution in [-0.4, -0.2) is 128 Å². The summed E-state index contributed by atoms with van der Waals surface area (Å²) in [6.07, 6.45) is 5.27. The van der Waals surface area contributed by atoms with E-state index in [1.165, 1.54) is 0 Å². The zero-order valence-electron chi connectivity index (χ0n) is 30.9. The minimum absolute atomic E-state index is 0.0107. The number of ether oxygens (including phenoxy) is 9. The van der Waals surface area contributed by atoms with E-state index in [9.17, 15) is 9.90 Å². The van der Waals surface area contributed by atoms with Crippen LogP contribution in [0.2, 0.25) is 0 Å². The third kappa shape index (κ3) is 6.59. The van der Waals surface area contributed by atoms with Crippen molar-refractivity contribution < 1.29 is 58.3 Å². The molecule has 19 atom stereocenters. The number of aliphatic hydroxyl groups excluding tert-OH is 1. The SMILES string of the molecule is C=C1C[C@@H]2CC[C@@]34C[C@H]5O[C@H]6[C@@H](O3)[C@H]3OC(CC[C@@H]3O[C@H]6C5O4)CC(=O)C[C@@H]3[C@@H](OC)[C@@H](C[C@H](O)C[NH3+])O[C@H]3CC3O[C@@H](CCC1O2)C[C@@H](C)C3=C. The molecule has 0 amide bonds. The number of hydrogen-bond donors (Lipinski definition) is 2. The van der Waals surface area contributed by atoms with E-state index in [1.807, 2.05) is 0 Å². The van der Waals surface area contributed by atoms with Crippen LogP contribution >= 0.6 is 0 Å². The van der Waals surface area contributed by atoms with Crippen LogP contribution in [0.25, 0.3) is 0 Å². The Labute approximate surface area is 307 Å². The van der Waals surface area contributed by atoms with E-state index >= 15 is 0 Å². The van der Waals surface area contributed by atoms with E-state index in [0.717, 1.165) is 56.1 Å². The summed E-state index contributed by atoms with van der Waals surface area (Å²) in [6.45, 7) is 11.5. The van der Waals surface area contributed by atoms with Crippen molar-refractivity contribution >= 4 is 5.78 Å². The van der Waals surface area contributed by atoms with E-state index in [0.29, 0.717) is 45.1 Å². The number of methoxy groups -OCH3 is 1. The van der Waals surface area contributed by atoms with Gasteiger partial charge in [-0.15, -0.1) is 0 Å². The Kier molecular flexibility index (Phi) is 10.0. The molecular weight excluding hydrogens is 670 g/mol. The molecule has 0 saturated carbocycles. The summed E-state index contributed by atoms with van der Waals surface area (Å²) in [6, 6.07) is 0. The van der Waals surface area contributed by atoms with Crippen LogP contribution in [0, 0.1) is 11.8 Å². The fourth-order valence-corrected chi connectivity index (χ4v) is 11.3. The molecule has 12 nitrogen and oxygen atoms in total. The number of carbonyl (C=O) groups excluding carboxylic acids is 1. The van der Waals surface area contributed by atoms with Gasteiger partial charge in [-0.05, 0) is 62.0 Å². The van der Waals surface area contributed by atoms with Gasteiger partial charge in [-0.2, -0.15) is 0 Å². The maximum atomic E-state index is 14.1. The van der Waals surface area contributed by atoms with Crippen LogP contribution in [0.5, 0.6) is 0 Å². The number of ketones is 1. The normalized spacial score (nSPS) is 52.4. The molecule has 0 radical (unpaired) electrons. The molecule has 10 aliphatic heterocycles.